The van der Waals surface area contributed by atoms with Crippen LogP contribution in [0.2, 0.25) is 0 Å². The summed E-state index contributed by atoms with van der Waals surface area (Å²) in [5, 5.41) is 4.56. The number of nitrogens with zero attached hydrogens (tertiary/aromatic N) is 7. The average molecular weight is 387 g/mol. The second-order valence-corrected chi connectivity index (χ2v) is 7.33. The Labute approximate surface area is 168 Å². The zero-order valence-electron chi connectivity index (χ0n) is 16.1. The fraction of sp³-hybridized carbons (Fsp3) is 0.238. The highest BCUT2D eigenvalue weighted by atomic mass is 16.2. The molecule has 1 fully saturated rings. The van der Waals surface area contributed by atoms with Gasteiger partial charge in [0.05, 0.1) is 12.4 Å². The fourth-order valence-corrected chi connectivity index (χ4v) is 3.57. The van der Waals surface area contributed by atoms with Crippen LogP contribution in [0, 0.1) is 0 Å². The van der Waals surface area contributed by atoms with E-state index in [4.69, 9.17) is 0 Å². The van der Waals surface area contributed by atoms with Crippen LogP contribution in [0.3, 0.4) is 0 Å². The number of likely N-dealkylation sites (N-methyl/N-ethyl adjacent to an activating group) is 1. The largest absolute Gasteiger partial charge is 0.351 e. The maximum Gasteiger partial charge on any atom is 0.253 e. The molecular weight excluding hydrogens is 366 g/mol. The Hall–Kier alpha value is -3.68. The number of amides is 1. The smallest absolute Gasteiger partial charge is 0.253 e. The first kappa shape index (κ1) is 17.4. The van der Waals surface area contributed by atoms with Gasteiger partial charge in [0.15, 0.2) is 5.65 Å². The molecule has 0 spiro atoms. The molecule has 8 nitrogen and oxygen atoms in total. The highest BCUT2D eigenvalue weighted by molar-refractivity contribution is 5.94. The summed E-state index contributed by atoms with van der Waals surface area (Å²) in [6.45, 7) is 2.29. The zero-order chi connectivity index (χ0) is 19.8. The molecule has 1 amide bonds. The van der Waals surface area contributed by atoms with Crippen LogP contribution in [0.4, 0.5) is 5.82 Å². The van der Waals surface area contributed by atoms with Gasteiger partial charge in [0.1, 0.15) is 5.82 Å². The Bertz CT molecular complexity index is 1130. The van der Waals surface area contributed by atoms with Crippen molar-refractivity contribution in [2.45, 2.75) is 12.6 Å². The van der Waals surface area contributed by atoms with E-state index in [1.54, 1.807) is 23.2 Å². The van der Waals surface area contributed by atoms with Crippen molar-refractivity contribution in [3.8, 4) is 0 Å². The van der Waals surface area contributed by atoms with E-state index >= 15 is 0 Å². The minimum atomic E-state index is 0.0434. The van der Waals surface area contributed by atoms with Gasteiger partial charge in [-0.3, -0.25) is 4.79 Å². The molecule has 1 saturated heterocycles. The molecule has 0 aliphatic carbocycles. The molecule has 4 heterocycles. The molecule has 1 aromatic carbocycles. The van der Waals surface area contributed by atoms with E-state index < -0.39 is 0 Å². The van der Waals surface area contributed by atoms with Crippen molar-refractivity contribution >= 4 is 17.4 Å². The van der Waals surface area contributed by atoms with Crippen molar-refractivity contribution in [1.29, 1.82) is 0 Å². The summed E-state index contributed by atoms with van der Waals surface area (Å²) in [5.74, 6) is 0.943. The second-order valence-electron chi connectivity index (χ2n) is 7.33. The summed E-state index contributed by atoms with van der Waals surface area (Å²) in [7, 11) is 1.87. The van der Waals surface area contributed by atoms with E-state index in [0.717, 1.165) is 36.7 Å². The molecule has 8 heteroatoms. The third kappa shape index (κ3) is 3.33. The highest BCUT2D eigenvalue weighted by Crippen LogP contribution is 2.22. The topological polar surface area (TPSA) is 71.6 Å². The van der Waals surface area contributed by atoms with Gasteiger partial charge in [0.2, 0.25) is 0 Å². The van der Waals surface area contributed by atoms with Crippen molar-refractivity contribution in [1.82, 2.24) is 29.0 Å². The van der Waals surface area contributed by atoms with E-state index in [0.29, 0.717) is 5.56 Å². The lowest BCUT2D eigenvalue weighted by atomic mass is 10.1. The summed E-state index contributed by atoms with van der Waals surface area (Å²) in [6, 6.07) is 11.9. The number of aromatic nitrogens is 5. The number of benzene rings is 1. The van der Waals surface area contributed by atoms with Gasteiger partial charge in [-0.05, 0) is 29.8 Å². The molecule has 5 rings (SSSR count). The Morgan fingerprint density at radius 1 is 1.10 bits per heavy atom. The minimum absolute atomic E-state index is 0.0434. The van der Waals surface area contributed by atoms with Crippen LogP contribution in [0.25, 0.3) is 5.65 Å². The first-order chi connectivity index (χ1) is 14.2. The van der Waals surface area contributed by atoms with Gasteiger partial charge in [-0.25, -0.2) is 14.5 Å². The summed E-state index contributed by atoms with van der Waals surface area (Å²) in [4.78, 5) is 25.1. The van der Waals surface area contributed by atoms with Crippen LogP contribution in [-0.2, 0) is 6.54 Å². The fourth-order valence-electron chi connectivity index (χ4n) is 3.57. The third-order valence-electron chi connectivity index (χ3n) is 5.42. The number of carbonyl (C=O) groups is 1. The quantitative estimate of drug-likeness (QED) is 0.523. The van der Waals surface area contributed by atoms with Gasteiger partial charge in [-0.2, -0.15) is 0 Å². The third-order valence-corrected chi connectivity index (χ3v) is 5.42. The monoisotopic (exact) mass is 387 g/mol. The maximum atomic E-state index is 12.9. The summed E-state index contributed by atoms with van der Waals surface area (Å²) in [6.07, 6.45) is 9.04. The molecule has 29 heavy (non-hydrogen) atoms. The normalized spacial score (nSPS) is 14.2. The zero-order valence-corrected chi connectivity index (χ0v) is 16.1. The van der Waals surface area contributed by atoms with Gasteiger partial charge in [-0.1, -0.05) is 12.1 Å². The molecule has 4 aromatic rings. The van der Waals surface area contributed by atoms with Gasteiger partial charge in [-0.15, -0.1) is 5.10 Å². The molecule has 0 bridgehead atoms. The minimum Gasteiger partial charge on any atom is -0.351 e. The molecule has 0 saturated carbocycles. The maximum absolute atomic E-state index is 12.9. The van der Waals surface area contributed by atoms with Crippen LogP contribution in [-0.4, -0.2) is 61.1 Å². The van der Waals surface area contributed by atoms with Gasteiger partial charge in [0, 0.05) is 57.0 Å². The lowest BCUT2D eigenvalue weighted by Crippen LogP contribution is -2.60. The van der Waals surface area contributed by atoms with Crippen LogP contribution in [0.5, 0.6) is 0 Å². The Balaban J connectivity index is 1.20. The predicted octanol–water partition coefficient (Wildman–Crippen LogP) is 1.93. The Morgan fingerprint density at radius 2 is 1.93 bits per heavy atom. The molecule has 146 valence electrons. The number of hydrogen-bond donors (Lipinski definition) is 0. The Morgan fingerprint density at radius 3 is 2.69 bits per heavy atom. The summed E-state index contributed by atoms with van der Waals surface area (Å²) < 4.78 is 3.77. The van der Waals surface area contributed by atoms with Crippen molar-refractivity contribution in [2.75, 3.05) is 25.0 Å². The molecule has 1 aliphatic rings. The number of carbonyl (C=O) groups excluding carboxylic acids is 1. The highest BCUT2D eigenvalue weighted by Gasteiger charge is 2.33. The van der Waals surface area contributed by atoms with E-state index in [9.17, 15) is 4.79 Å². The predicted molar refractivity (Wildman–Crippen MR) is 109 cm³/mol. The van der Waals surface area contributed by atoms with Crippen LogP contribution >= 0.6 is 0 Å². The molecule has 0 radical (unpaired) electrons. The number of rotatable bonds is 5. The molecular formula is C21H21N7O. The van der Waals surface area contributed by atoms with Crippen LogP contribution < -0.4 is 4.90 Å². The first-order valence-electron chi connectivity index (χ1n) is 9.54. The van der Waals surface area contributed by atoms with Gasteiger partial charge < -0.3 is 14.4 Å². The molecule has 0 atom stereocenters. The summed E-state index contributed by atoms with van der Waals surface area (Å²) in [5.41, 5.74) is 2.67. The van der Waals surface area contributed by atoms with E-state index in [-0.39, 0.29) is 11.9 Å². The SMILES string of the molecule is CN(C(=O)c1ccc(Cn2ccnc2)cc1)C1CN(c2ccc3nccn3n2)C1. The van der Waals surface area contributed by atoms with Crippen molar-refractivity contribution in [3.05, 3.63) is 78.6 Å². The van der Waals surface area contributed by atoms with E-state index in [1.165, 1.54) is 0 Å². The van der Waals surface area contributed by atoms with E-state index in [1.807, 2.05) is 65.3 Å². The number of anilines is 1. The number of hydrogen-bond acceptors (Lipinski definition) is 5. The average Bonchev–Trinajstić information content (AvgIpc) is 3.38. The second kappa shape index (κ2) is 7.05. The molecule has 3 aromatic heterocycles. The molecule has 0 N–H and O–H groups in total. The Kier molecular flexibility index (Phi) is 4.23. The standard InChI is InChI=1S/C21H21N7O/c1-25(18-13-27(14-18)20-7-6-19-23-9-11-28(19)24-20)21(29)17-4-2-16(3-5-17)12-26-10-8-22-15-26/h2-11,15,18H,12-14H2,1H3. The van der Waals surface area contributed by atoms with Crippen molar-refractivity contribution in [3.63, 3.8) is 0 Å². The molecule has 1 aliphatic heterocycles. The number of fused-ring (bicyclic) bond motifs is 1. The first-order valence-corrected chi connectivity index (χ1v) is 9.54. The number of imidazole rings is 2. The van der Waals surface area contributed by atoms with Crippen LogP contribution in [0.15, 0.2) is 67.5 Å². The lowest BCUT2D eigenvalue weighted by Gasteiger charge is -2.44. The van der Waals surface area contributed by atoms with Gasteiger partial charge in [0.25, 0.3) is 5.91 Å². The van der Waals surface area contributed by atoms with Gasteiger partial charge >= 0.3 is 0 Å². The molecule has 0 unspecified atom stereocenters. The lowest BCUT2D eigenvalue weighted by molar-refractivity contribution is 0.0705. The van der Waals surface area contributed by atoms with Crippen molar-refractivity contribution < 1.29 is 4.79 Å². The van der Waals surface area contributed by atoms with Crippen molar-refractivity contribution in [2.24, 2.45) is 0 Å². The summed E-state index contributed by atoms with van der Waals surface area (Å²) >= 11 is 0. The van der Waals surface area contributed by atoms with Crippen LogP contribution in [0.1, 0.15) is 15.9 Å². The van der Waals surface area contributed by atoms with E-state index in [2.05, 4.69) is 20.0 Å².